The lowest BCUT2D eigenvalue weighted by atomic mass is 9.44. The van der Waals surface area contributed by atoms with Crippen LogP contribution in [0.15, 0.2) is 95.0 Å². The first kappa shape index (κ1) is 28.5. The number of ether oxygens (including phenoxy) is 1. The summed E-state index contributed by atoms with van der Waals surface area (Å²) in [5.41, 5.74) is 1.41. The van der Waals surface area contributed by atoms with Gasteiger partial charge in [-0.3, -0.25) is 24.1 Å². The van der Waals surface area contributed by atoms with E-state index in [2.05, 4.69) is 15.9 Å². The van der Waals surface area contributed by atoms with Crippen molar-refractivity contribution in [1.82, 2.24) is 4.90 Å². The maximum Gasteiger partial charge on any atom is 0.233 e. The van der Waals surface area contributed by atoms with Crippen molar-refractivity contribution < 1.29 is 29.0 Å². The summed E-state index contributed by atoms with van der Waals surface area (Å²) in [6.07, 6.45) is 3.98. The Bertz CT molecular complexity index is 1800. The molecule has 222 valence electrons. The molecule has 1 saturated carbocycles. The van der Waals surface area contributed by atoms with Gasteiger partial charge in [0.1, 0.15) is 0 Å². The second-order valence-electron chi connectivity index (χ2n) is 12.1. The lowest BCUT2D eigenvalue weighted by Crippen LogP contribution is -2.58. The molecule has 7 nitrogen and oxygen atoms in total. The van der Waals surface area contributed by atoms with Crippen molar-refractivity contribution in [1.29, 1.82) is 0 Å². The number of carbonyl (C=O) groups is 4. The zero-order valence-corrected chi connectivity index (χ0v) is 25.8. The molecule has 0 radical (unpaired) electrons. The molecule has 44 heavy (non-hydrogen) atoms. The smallest absolute Gasteiger partial charge is 0.233 e. The number of aromatic hydroxyl groups is 1. The van der Waals surface area contributed by atoms with Gasteiger partial charge in [0, 0.05) is 34.5 Å². The molecule has 1 N–H and O–H groups in total. The monoisotopic (exact) mass is 651 g/mol. The number of carbonyl (C=O) groups excluding carboxylic acids is 4. The van der Waals surface area contributed by atoms with Gasteiger partial charge in [-0.15, -0.1) is 0 Å². The molecule has 0 spiro atoms. The average Bonchev–Trinajstić information content (AvgIpc) is 3.27. The Hall–Kier alpha value is -4.30. The minimum absolute atomic E-state index is 0.137. The van der Waals surface area contributed by atoms with Crippen LogP contribution in [0.2, 0.25) is 0 Å². The number of likely N-dealkylation sites (tertiary alicyclic amines) is 1. The fourth-order valence-corrected chi connectivity index (χ4v) is 8.80. The van der Waals surface area contributed by atoms with Crippen LogP contribution in [0.25, 0.3) is 5.57 Å². The number of allylic oxidation sites excluding steroid dienone is 4. The van der Waals surface area contributed by atoms with Gasteiger partial charge in [-0.1, -0.05) is 88.2 Å². The Morgan fingerprint density at radius 2 is 1.61 bits per heavy atom. The van der Waals surface area contributed by atoms with Gasteiger partial charge in [0.25, 0.3) is 0 Å². The number of methoxy groups -OCH3 is 1. The fourth-order valence-electron chi connectivity index (χ4n) is 8.35. The summed E-state index contributed by atoms with van der Waals surface area (Å²) in [6, 6.07) is 21.8. The number of ketones is 2. The summed E-state index contributed by atoms with van der Waals surface area (Å²) in [5, 5.41) is 11.7. The van der Waals surface area contributed by atoms with E-state index in [1.807, 2.05) is 66.7 Å². The van der Waals surface area contributed by atoms with Crippen LogP contribution in [-0.2, 0) is 24.6 Å². The first-order valence-electron chi connectivity index (χ1n) is 14.7. The summed E-state index contributed by atoms with van der Waals surface area (Å²) < 4.78 is 6.16. The number of benzene rings is 3. The molecular formula is C36H30BrNO6. The highest BCUT2D eigenvalue weighted by atomic mass is 79.9. The van der Waals surface area contributed by atoms with Crippen LogP contribution in [0, 0.1) is 23.7 Å². The number of fused-ring (bicyclic) bond motifs is 4. The largest absolute Gasteiger partial charge is 0.504 e. The number of hydrogen-bond donors (Lipinski definition) is 1. The predicted molar refractivity (Wildman–Crippen MR) is 167 cm³/mol. The van der Waals surface area contributed by atoms with Crippen LogP contribution in [0.1, 0.15) is 35.4 Å². The molecule has 4 aliphatic rings. The van der Waals surface area contributed by atoms with Gasteiger partial charge < -0.3 is 9.84 Å². The second kappa shape index (κ2) is 10.4. The lowest BCUT2D eigenvalue weighted by Gasteiger charge is -2.55. The third-order valence-corrected chi connectivity index (χ3v) is 10.7. The van der Waals surface area contributed by atoms with E-state index < -0.39 is 35.0 Å². The molecule has 1 aliphatic heterocycles. The van der Waals surface area contributed by atoms with Gasteiger partial charge >= 0.3 is 0 Å². The Balaban J connectivity index is 1.56. The minimum Gasteiger partial charge on any atom is -0.504 e. The molecule has 8 heteroatoms. The van der Waals surface area contributed by atoms with E-state index in [9.17, 15) is 24.3 Å². The Labute approximate surface area is 263 Å². The van der Waals surface area contributed by atoms with E-state index in [1.54, 1.807) is 12.1 Å². The van der Waals surface area contributed by atoms with Crippen LogP contribution in [0.3, 0.4) is 0 Å². The summed E-state index contributed by atoms with van der Waals surface area (Å²) in [6.45, 7) is 0. The van der Waals surface area contributed by atoms with E-state index in [1.165, 1.54) is 25.1 Å². The van der Waals surface area contributed by atoms with Crippen LogP contribution in [-0.4, -0.2) is 47.5 Å². The maximum atomic E-state index is 15.0. The normalized spacial score (nSPS) is 29.4. The third-order valence-electron chi connectivity index (χ3n) is 10.2. The van der Waals surface area contributed by atoms with Gasteiger partial charge in [0.05, 0.1) is 24.4 Å². The topological polar surface area (TPSA) is 101 Å². The number of amides is 2. The zero-order valence-electron chi connectivity index (χ0n) is 24.2. The van der Waals surface area contributed by atoms with E-state index >= 15 is 0 Å². The quantitative estimate of drug-likeness (QED) is 0.290. The van der Waals surface area contributed by atoms with E-state index in [-0.39, 0.29) is 41.3 Å². The number of rotatable bonds is 4. The maximum absolute atomic E-state index is 15.0. The minimum atomic E-state index is -1.42. The van der Waals surface area contributed by atoms with Crippen molar-refractivity contribution in [2.24, 2.45) is 23.7 Å². The molecule has 6 atom stereocenters. The summed E-state index contributed by atoms with van der Waals surface area (Å²) in [5.74, 6) is -4.24. The molecule has 3 aliphatic carbocycles. The average molecular weight is 653 g/mol. The highest BCUT2D eigenvalue weighted by Crippen LogP contribution is 2.65. The summed E-state index contributed by atoms with van der Waals surface area (Å²) in [7, 11) is 2.96. The highest BCUT2D eigenvalue weighted by molar-refractivity contribution is 9.10. The van der Waals surface area contributed by atoms with Crippen molar-refractivity contribution in [3.63, 3.8) is 0 Å². The van der Waals surface area contributed by atoms with Crippen molar-refractivity contribution in [3.05, 3.63) is 112 Å². The first-order valence-corrected chi connectivity index (χ1v) is 15.5. The molecule has 1 heterocycles. The molecule has 7 rings (SSSR count). The molecule has 6 unspecified atom stereocenters. The number of hydrogen-bond acceptors (Lipinski definition) is 6. The Morgan fingerprint density at radius 1 is 0.932 bits per heavy atom. The Morgan fingerprint density at radius 3 is 2.30 bits per heavy atom. The summed E-state index contributed by atoms with van der Waals surface area (Å²) >= 11 is 3.56. The third kappa shape index (κ3) is 3.86. The second-order valence-corrected chi connectivity index (χ2v) is 13.0. The molecule has 0 bridgehead atoms. The van der Waals surface area contributed by atoms with Crippen LogP contribution in [0.5, 0.6) is 11.5 Å². The van der Waals surface area contributed by atoms with Gasteiger partial charge in [-0.2, -0.15) is 0 Å². The highest BCUT2D eigenvalue weighted by Gasteiger charge is 2.66. The predicted octanol–water partition coefficient (Wildman–Crippen LogP) is 5.62. The first-order chi connectivity index (χ1) is 21.2. The number of imide groups is 1. The van der Waals surface area contributed by atoms with Crippen LogP contribution >= 0.6 is 15.9 Å². The number of phenols is 1. The number of Topliss-reactive ketones (excluding diaryl/α,β-unsaturated/α-hetero) is 1. The van der Waals surface area contributed by atoms with Gasteiger partial charge in [-0.05, 0) is 48.1 Å². The molecule has 1 saturated heterocycles. The van der Waals surface area contributed by atoms with Crippen molar-refractivity contribution in [2.45, 2.75) is 24.2 Å². The molecule has 0 aromatic heterocycles. The zero-order chi connectivity index (χ0) is 30.9. The summed E-state index contributed by atoms with van der Waals surface area (Å²) in [4.78, 5) is 57.8. The van der Waals surface area contributed by atoms with Crippen LogP contribution in [0.4, 0.5) is 0 Å². The van der Waals surface area contributed by atoms with Crippen molar-refractivity contribution in [2.75, 3.05) is 14.2 Å². The molecule has 3 aromatic carbocycles. The van der Waals surface area contributed by atoms with E-state index in [0.29, 0.717) is 33.2 Å². The fraction of sp³-hybridized carbons (Fsp3) is 0.278. The van der Waals surface area contributed by atoms with Crippen molar-refractivity contribution >= 4 is 44.9 Å². The van der Waals surface area contributed by atoms with Gasteiger partial charge in [0.2, 0.25) is 11.8 Å². The van der Waals surface area contributed by atoms with Crippen molar-refractivity contribution in [3.8, 4) is 11.5 Å². The SMILES string of the molecule is COc1cc(Br)cc(C2C3=CCC4C(=O)N(C)C(=O)C4C3CC3C(=O)C(c4ccccc4)=CC(=O)C32c2ccccc2)c1O. The van der Waals surface area contributed by atoms with E-state index in [0.717, 1.165) is 5.57 Å². The molecule has 2 amide bonds. The van der Waals surface area contributed by atoms with E-state index in [4.69, 9.17) is 4.74 Å². The Kier molecular flexibility index (Phi) is 6.73. The standard InChI is InChI=1S/C36H30BrNO6/c1-38-34(42)23-14-13-22-25(30(23)35(38)43)17-27-32(40)24(19-9-5-3-6-10-19)18-29(39)36(27,20-11-7-4-8-12-20)31(22)26-15-21(37)16-28(44-2)33(26)41/h3-13,15-16,18,23,25,27,30-31,41H,14,17H2,1-2H3. The number of halogens is 1. The van der Waals surface area contributed by atoms with Crippen LogP contribution < -0.4 is 4.74 Å². The molecule has 3 aromatic rings. The van der Waals surface area contributed by atoms with Gasteiger partial charge in [0.15, 0.2) is 23.1 Å². The van der Waals surface area contributed by atoms with Gasteiger partial charge in [-0.25, -0.2) is 0 Å². The number of nitrogens with zero attached hydrogens (tertiary/aromatic N) is 1. The molecule has 2 fully saturated rings. The lowest BCUT2D eigenvalue weighted by molar-refractivity contribution is -0.139. The number of phenolic OH excluding ortho intramolecular Hbond substituents is 1. The molecular weight excluding hydrogens is 622 g/mol.